The van der Waals surface area contributed by atoms with Crippen molar-refractivity contribution in [2.24, 2.45) is 10.9 Å². The predicted molar refractivity (Wildman–Crippen MR) is 120 cm³/mol. The van der Waals surface area contributed by atoms with E-state index in [9.17, 15) is 0 Å². The van der Waals surface area contributed by atoms with Crippen molar-refractivity contribution < 1.29 is 4.74 Å². The lowest BCUT2D eigenvalue weighted by Gasteiger charge is -2.34. The maximum Gasteiger partial charge on any atom is 0.193 e. The van der Waals surface area contributed by atoms with Gasteiger partial charge in [-0.25, -0.2) is 0 Å². The Morgan fingerprint density at radius 2 is 1.97 bits per heavy atom. The van der Waals surface area contributed by atoms with Crippen LogP contribution in [0.5, 0.6) is 0 Å². The first-order valence-electron chi connectivity index (χ1n) is 11.5. The number of fused-ring (bicyclic) bond motifs is 1. The summed E-state index contributed by atoms with van der Waals surface area (Å²) in [6.45, 7) is 4.00. The van der Waals surface area contributed by atoms with Crippen LogP contribution in [0.3, 0.4) is 0 Å². The van der Waals surface area contributed by atoms with Crippen molar-refractivity contribution in [1.82, 2.24) is 15.2 Å². The second-order valence-corrected chi connectivity index (χ2v) is 8.61. The molecule has 1 aliphatic heterocycles. The second kappa shape index (κ2) is 10.1. The summed E-state index contributed by atoms with van der Waals surface area (Å²) >= 11 is 0. The molecule has 0 atom stereocenters. The van der Waals surface area contributed by atoms with Crippen LogP contribution in [0.2, 0.25) is 0 Å². The van der Waals surface area contributed by atoms with Crippen molar-refractivity contribution in [2.45, 2.75) is 57.5 Å². The number of piperidine rings is 1. The highest BCUT2D eigenvalue weighted by Gasteiger charge is 2.23. The van der Waals surface area contributed by atoms with Crippen molar-refractivity contribution >= 4 is 16.9 Å². The van der Waals surface area contributed by atoms with Crippen molar-refractivity contribution in [3.05, 3.63) is 36.0 Å². The Morgan fingerprint density at radius 1 is 1.17 bits per heavy atom. The van der Waals surface area contributed by atoms with Gasteiger partial charge in [0.05, 0.1) is 6.10 Å². The Hall–Kier alpha value is -2.01. The van der Waals surface area contributed by atoms with E-state index in [4.69, 9.17) is 4.74 Å². The van der Waals surface area contributed by atoms with Gasteiger partial charge >= 0.3 is 0 Å². The van der Waals surface area contributed by atoms with E-state index in [0.717, 1.165) is 63.8 Å². The van der Waals surface area contributed by atoms with Crippen molar-refractivity contribution in [3.8, 4) is 0 Å². The molecule has 1 aromatic carbocycles. The molecule has 1 saturated heterocycles. The minimum absolute atomic E-state index is 0.437. The number of nitrogens with zero attached hydrogens (tertiary/aromatic N) is 2. The average molecular weight is 397 g/mol. The van der Waals surface area contributed by atoms with Gasteiger partial charge in [0, 0.05) is 50.4 Å². The highest BCUT2D eigenvalue weighted by molar-refractivity contribution is 5.83. The largest absolute Gasteiger partial charge is 0.378 e. The Labute approximate surface area is 174 Å². The number of likely N-dealkylation sites (tertiary alicyclic amines) is 1. The summed E-state index contributed by atoms with van der Waals surface area (Å²) in [6, 6.07) is 8.53. The van der Waals surface area contributed by atoms with E-state index >= 15 is 0 Å². The number of hydrogen-bond acceptors (Lipinski definition) is 2. The van der Waals surface area contributed by atoms with E-state index in [2.05, 4.69) is 50.7 Å². The van der Waals surface area contributed by atoms with Gasteiger partial charge in [0.2, 0.25) is 0 Å². The second-order valence-electron chi connectivity index (χ2n) is 8.61. The lowest BCUT2D eigenvalue weighted by atomic mass is 10.1. The van der Waals surface area contributed by atoms with Gasteiger partial charge in [-0.3, -0.25) is 4.99 Å². The van der Waals surface area contributed by atoms with Crippen LogP contribution in [0.15, 0.2) is 35.5 Å². The lowest BCUT2D eigenvalue weighted by Crippen LogP contribution is -2.47. The molecule has 2 aliphatic rings. The number of ether oxygens (including phenoxy) is 1. The van der Waals surface area contributed by atoms with Gasteiger partial charge in [-0.2, -0.15) is 0 Å². The fourth-order valence-electron chi connectivity index (χ4n) is 4.83. The number of aromatic amines is 1. The van der Waals surface area contributed by atoms with E-state index in [-0.39, 0.29) is 0 Å². The lowest BCUT2D eigenvalue weighted by molar-refractivity contribution is 0.00102. The number of rotatable bonds is 7. The Bertz CT molecular complexity index is 785. The van der Waals surface area contributed by atoms with E-state index < -0.39 is 0 Å². The minimum Gasteiger partial charge on any atom is -0.378 e. The molecule has 1 aromatic heterocycles. The number of para-hydroxylation sites is 1. The fraction of sp³-hybridized carbons (Fsp3) is 0.625. The molecule has 0 bridgehead atoms. The smallest absolute Gasteiger partial charge is 0.193 e. The molecule has 1 saturated carbocycles. The van der Waals surface area contributed by atoms with Crippen LogP contribution >= 0.6 is 0 Å². The van der Waals surface area contributed by atoms with Crippen molar-refractivity contribution in [3.63, 3.8) is 0 Å². The predicted octanol–water partition coefficient (Wildman–Crippen LogP) is 4.35. The third-order valence-corrected chi connectivity index (χ3v) is 6.58. The van der Waals surface area contributed by atoms with Crippen molar-refractivity contribution in [1.29, 1.82) is 0 Å². The van der Waals surface area contributed by atoms with Crippen LogP contribution < -0.4 is 5.32 Å². The standard InChI is InChI=1S/C24H36N4O/c1-25-24(26-14-6-9-20-17-27-23-11-5-4-10-22(20)23)28-15-12-21(13-16-28)29-18-19-7-2-3-8-19/h4-5,10-11,17,19,21,27H,2-3,6-9,12-16,18H2,1H3,(H,25,26). The van der Waals surface area contributed by atoms with Gasteiger partial charge in [0.1, 0.15) is 0 Å². The summed E-state index contributed by atoms with van der Waals surface area (Å²) in [4.78, 5) is 10.3. The summed E-state index contributed by atoms with van der Waals surface area (Å²) in [7, 11) is 1.89. The van der Waals surface area contributed by atoms with Crippen LogP contribution in [0, 0.1) is 5.92 Å². The van der Waals surface area contributed by atoms with Gasteiger partial charge < -0.3 is 19.9 Å². The molecule has 2 heterocycles. The Kier molecular flexibility index (Phi) is 7.09. The monoisotopic (exact) mass is 396 g/mol. The first-order valence-corrected chi connectivity index (χ1v) is 11.5. The summed E-state index contributed by atoms with van der Waals surface area (Å²) < 4.78 is 6.21. The molecule has 0 spiro atoms. The van der Waals surface area contributed by atoms with Crippen LogP contribution in [-0.2, 0) is 11.2 Å². The molecule has 0 unspecified atom stereocenters. The maximum atomic E-state index is 6.21. The zero-order chi connectivity index (χ0) is 19.9. The number of aromatic nitrogens is 1. The third kappa shape index (κ3) is 5.33. The molecular weight excluding hydrogens is 360 g/mol. The molecule has 2 fully saturated rings. The molecule has 158 valence electrons. The van der Waals surface area contributed by atoms with E-state index in [1.54, 1.807) is 0 Å². The van der Waals surface area contributed by atoms with Crippen LogP contribution in [0.1, 0.15) is 50.5 Å². The number of benzene rings is 1. The normalized spacial score (nSPS) is 19.3. The molecule has 2 N–H and O–H groups in total. The van der Waals surface area contributed by atoms with Gasteiger partial charge in [-0.1, -0.05) is 31.0 Å². The number of H-pyrrole nitrogens is 1. The number of aryl methyl sites for hydroxylation is 1. The van der Waals surface area contributed by atoms with Crippen LogP contribution in [-0.4, -0.2) is 55.2 Å². The Balaban J connectivity index is 1.16. The molecule has 1 aliphatic carbocycles. The highest BCUT2D eigenvalue weighted by atomic mass is 16.5. The number of guanidine groups is 1. The van der Waals surface area contributed by atoms with Gasteiger partial charge in [-0.15, -0.1) is 0 Å². The molecule has 0 radical (unpaired) electrons. The maximum absolute atomic E-state index is 6.21. The average Bonchev–Trinajstić information content (AvgIpc) is 3.43. The van der Waals surface area contributed by atoms with Crippen LogP contribution in [0.25, 0.3) is 10.9 Å². The molecule has 4 rings (SSSR count). The highest BCUT2D eigenvalue weighted by Crippen LogP contribution is 2.26. The zero-order valence-electron chi connectivity index (χ0n) is 17.8. The van der Waals surface area contributed by atoms with Crippen LogP contribution in [0.4, 0.5) is 0 Å². The first kappa shape index (κ1) is 20.3. The number of nitrogens with one attached hydrogen (secondary N) is 2. The molecule has 2 aromatic rings. The molecule has 5 nitrogen and oxygen atoms in total. The SMILES string of the molecule is CN=C(NCCCc1c[nH]c2ccccc12)N1CCC(OCC2CCCC2)CC1. The minimum atomic E-state index is 0.437. The number of hydrogen-bond donors (Lipinski definition) is 2. The van der Waals surface area contributed by atoms with Gasteiger partial charge in [0.25, 0.3) is 0 Å². The molecule has 5 heteroatoms. The summed E-state index contributed by atoms with van der Waals surface area (Å²) in [6.07, 6.45) is 12.5. The first-order chi connectivity index (χ1) is 14.3. The number of aliphatic imine (C=N–C) groups is 1. The van der Waals surface area contributed by atoms with Gasteiger partial charge in [0.15, 0.2) is 5.96 Å². The molecule has 29 heavy (non-hydrogen) atoms. The molecular formula is C24H36N4O. The van der Waals surface area contributed by atoms with E-state index in [0.29, 0.717) is 6.10 Å². The summed E-state index contributed by atoms with van der Waals surface area (Å²) in [5.74, 6) is 1.86. The zero-order valence-corrected chi connectivity index (χ0v) is 17.8. The van der Waals surface area contributed by atoms with Gasteiger partial charge in [-0.05, 0) is 56.1 Å². The summed E-state index contributed by atoms with van der Waals surface area (Å²) in [5, 5.41) is 4.91. The topological polar surface area (TPSA) is 52.7 Å². The van der Waals surface area contributed by atoms with E-state index in [1.807, 2.05) is 7.05 Å². The molecule has 0 amide bonds. The summed E-state index contributed by atoms with van der Waals surface area (Å²) in [5.41, 5.74) is 2.63. The quantitative estimate of drug-likeness (QED) is 0.416. The van der Waals surface area contributed by atoms with E-state index in [1.165, 1.54) is 42.1 Å². The fourth-order valence-corrected chi connectivity index (χ4v) is 4.83. The van der Waals surface area contributed by atoms with Crippen molar-refractivity contribution in [2.75, 3.05) is 33.3 Å². The third-order valence-electron chi connectivity index (χ3n) is 6.58. The Morgan fingerprint density at radius 3 is 2.76 bits per heavy atom.